The van der Waals surface area contributed by atoms with Crippen molar-refractivity contribution in [2.75, 3.05) is 79.2 Å². The molecule has 3 saturated heterocycles. The molecule has 0 bridgehead atoms. The van der Waals surface area contributed by atoms with Crippen LogP contribution in [0.2, 0.25) is 0 Å². The Morgan fingerprint density at radius 1 is 0.673 bits per heavy atom. The first-order valence-corrected chi connectivity index (χ1v) is 19.4. The van der Waals surface area contributed by atoms with Crippen LogP contribution < -0.4 is 10.6 Å². The fraction of sp³-hybridized carbons (Fsp3) is 0.526. The normalized spacial score (nSPS) is 28.0. The second-order valence-corrected chi connectivity index (χ2v) is 15.5. The van der Waals surface area contributed by atoms with Crippen LogP contribution in [0.1, 0.15) is 24.7 Å². The lowest BCUT2D eigenvalue weighted by Gasteiger charge is -2.48. The molecule has 3 aromatic carbocycles. The molecule has 0 saturated carbocycles. The molecule has 3 aromatic rings. The lowest BCUT2D eigenvalue weighted by Crippen LogP contribution is -2.63. The quantitative estimate of drug-likeness (QED) is 0.237. The van der Waals surface area contributed by atoms with Crippen molar-refractivity contribution < 1.29 is 42.5 Å². The van der Waals surface area contributed by atoms with E-state index < -0.39 is 38.0 Å². The fourth-order valence-electron chi connectivity index (χ4n) is 6.71. The highest BCUT2D eigenvalue weighted by Crippen LogP contribution is 2.44. The zero-order valence-corrected chi connectivity index (χ0v) is 29.3. The Morgan fingerprint density at radius 2 is 1.27 bits per heavy atom. The SMILES string of the molecule is CO[C@H]1O[C@@H]2COC(c3ccccc3)O[C@H]2[C@@H]2OCCOCCN(CCCCP(=O)(c3ccccc3)c3ccccc3)CCOCCO[C@@H]12. The van der Waals surface area contributed by atoms with E-state index in [9.17, 15) is 4.57 Å². The molecule has 0 aliphatic carbocycles. The minimum absolute atomic E-state index is 0.349. The summed E-state index contributed by atoms with van der Waals surface area (Å²) < 4.78 is 63.7. The van der Waals surface area contributed by atoms with Gasteiger partial charge in [0, 0.05) is 42.5 Å². The third-order valence-electron chi connectivity index (χ3n) is 9.31. The number of nitrogens with zero attached hydrogens (tertiary/aromatic N) is 1. The Kier molecular flexibility index (Phi) is 13.8. The van der Waals surface area contributed by atoms with Crippen LogP contribution in [-0.4, -0.2) is 115 Å². The lowest BCUT2D eigenvalue weighted by atomic mass is 9.97. The highest BCUT2D eigenvalue weighted by Gasteiger charge is 2.51. The van der Waals surface area contributed by atoms with Crippen LogP contribution in [0.4, 0.5) is 0 Å². The molecule has 0 aromatic heterocycles. The standard InChI is InChI=1S/C38H50NO9P/c1-41-38-36-35(34-33(47-38)29-46-37(48-34)30-13-5-2-6-14-30)44-26-24-42-22-20-39(21-23-43-25-27-45-36)19-11-12-28-49(40,31-15-7-3-8-16-31)32-17-9-4-10-18-32/h2-10,13-18,33-38H,11-12,19-29H2,1H3/t33-,34-,35+,36-,37?,38+/m1/s1. The molecule has 0 amide bonds. The van der Waals surface area contributed by atoms with Crippen LogP contribution >= 0.6 is 7.14 Å². The summed E-state index contributed by atoms with van der Waals surface area (Å²) in [6.45, 7) is 5.46. The first-order valence-electron chi connectivity index (χ1n) is 17.5. The summed E-state index contributed by atoms with van der Waals surface area (Å²) in [5.41, 5.74) is 0.937. The monoisotopic (exact) mass is 695 g/mol. The topological polar surface area (TPSA) is 94.2 Å². The summed E-state index contributed by atoms with van der Waals surface area (Å²) in [6, 6.07) is 29.7. The van der Waals surface area contributed by atoms with E-state index in [1.54, 1.807) is 7.11 Å². The molecule has 0 radical (unpaired) electrons. The maximum absolute atomic E-state index is 14.4. The Morgan fingerprint density at radius 3 is 1.88 bits per heavy atom. The summed E-state index contributed by atoms with van der Waals surface area (Å²) in [7, 11) is -1.12. The van der Waals surface area contributed by atoms with Crippen LogP contribution in [0.3, 0.4) is 0 Å². The fourth-order valence-corrected chi connectivity index (χ4v) is 9.50. The van der Waals surface area contributed by atoms with Gasteiger partial charge in [-0.15, -0.1) is 0 Å². The van der Waals surface area contributed by atoms with Crippen molar-refractivity contribution in [2.24, 2.45) is 0 Å². The molecule has 3 aliphatic heterocycles. The molecule has 0 N–H and O–H groups in total. The van der Waals surface area contributed by atoms with Gasteiger partial charge in [-0.2, -0.15) is 0 Å². The molecule has 0 spiro atoms. The highest BCUT2D eigenvalue weighted by atomic mass is 31.2. The van der Waals surface area contributed by atoms with Crippen molar-refractivity contribution in [2.45, 2.75) is 49.8 Å². The lowest BCUT2D eigenvalue weighted by molar-refractivity contribution is -0.368. The van der Waals surface area contributed by atoms with E-state index in [0.717, 1.165) is 48.6 Å². The van der Waals surface area contributed by atoms with E-state index in [1.807, 2.05) is 91.0 Å². The Labute approximate surface area is 290 Å². The van der Waals surface area contributed by atoms with Crippen molar-refractivity contribution in [3.05, 3.63) is 96.6 Å². The third-order valence-corrected chi connectivity index (χ3v) is 12.5. The van der Waals surface area contributed by atoms with Gasteiger partial charge in [-0.05, 0) is 19.4 Å². The first-order chi connectivity index (χ1) is 24.2. The number of benzene rings is 3. The summed E-state index contributed by atoms with van der Waals surface area (Å²) in [5, 5.41) is 1.83. The number of rotatable bonds is 9. The predicted molar refractivity (Wildman–Crippen MR) is 187 cm³/mol. The van der Waals surface area contributed by atoms with Crippen LogP contribution in [-0.2, 0) is 42.5 Å². The maximum Gasteiger partial charge on any atom is 0.186 e. The van der Waals surface area contributed by atoms with Gasteiger partial charge < -0.3 is 42.5 Å². The van der Waals surface area contributed by atoms with Gasteiger partial charge in [-0.1, -0.05) is 91.0 Å². The van der Waals surface area contributed by atoms with Gasteiger partial charge in [0.05, 0.1) is 46.2 Å². The highest BCUT2D eigenvalue weighted by molar-refractivity contribution is 7.78. The smallest absolute Gasteiger partial charge is 0.186 e. The van der Waals surface area contributed by atoms with Crippen molar-refractivity contribution >= 4 is 17.8 Å². The van der Waals surface area contributed by atoms with E-state index in [4.69, 9.17) is 37.9 Å². The summed E-state index contributed by atoms with van der Waals surface area (Å²) >= 11 is 0. The molecular weight excluding hydrogens is 645 g/mol. The molecular formula is C38H50NO9P. The van der Waals surface area contributed by atoms with Crippen molar-refractivity contribution in [1.82, 2.24) is 4.90 Å². The zero-order valence-electron chi connectivity index (χ0n) is 28.4. The van der Waals surface area contributed by atoms with Crippen LogP contribution in [0.15, 0.2) is 91.0 Å². The van der Waals surface area contributed by atoms with E-state index >= 15 is 0 Å². The third kappa shape index (κ3) is 9.65. The Bertz CT molecular complexity index is 1370. The van der Waals surface area contributed by atoms with Gasteiger partial charge in [0.25, 0.3) is 0 Å². The Hall–Kier alpha value is -2.47. The van der Waals surface area contributed by atoms with Crippen LogP contribution in [0.5, 0.6) is 0 Å². The van der Waals surface area contributed by atoms with Gasteiger partial charge in [0.15, 0.2) is 12.6 Å². The summed E-state index contributed by atoms with van der Waals surface area (Å²) in [4.78, 5) is 2.36. The Balaban J connectivity index is 1.03. The second-order valence-electron chi connectivity index (χ2n) is 12.5. The minimum atomic E-state index is -2.72. The predicted octanol–water partition coefficient (Wildman–Crippen LogP) is 4.39. The number of methoxy groups -OCH3 is 1. The molecule has 3 heterocycles. The van der Waals surface area contributed by atoms with E-state index in [-0.39, 0.29) is 6.10 Å². The number of fused-ring (bicyclic) bond motifs is 3. The van der Waals surface area contributed by atoms with Gasteiger partial charge in [-0.3, -0.25) is 4.90 Å². The van der Waals surface area contributed by atoms with E-state index in [1.165, 1.54) is 0 Å². The average Bonchev–Trinajstić information content (AvgIpc) is 3.17. The second kappa shape index (κ2) is 18.7. The van der Waals surface area contributed by atoms with Gasteiger partial charge in [0.2, 0.25) is 0 Å². The van der Waals surface area contributed by atoms with Gasteiger partial charge >= 0.3 is 0 Å². The number of hydrogen-bond acceptors (Lipinski definition) is 10. The maximum atomic E-state index is 14.4. The van der Waals surface area contributed by atoms with E-state index in [0.29, 0.717) is 52.4 Å². The molecule has 3 fully saturated rings. The van der Waals surface area contributed by atoms with Gasteiger partial charge in [-0.25, -0.2) is 0 Å². The van der Waals surface area contributed by atoms with Crippen LogP contribution in [0.25, 0.3) is 0 Å². The minimum Gasteiger partial charge on any atom is -0.378 e. The van der Waals surface area contributed by atoms with Crippen molar-refractivity contribution in [3.63, 3.8) is 0 Å². The molecule has 266 valence electrons. The number of unbranched alkanes of at least 4 members (excludes halogenated alkanes) is 1. The molecule has 6 atom stereocenters. The van der Waals surface area contributed by atoms with Crippen LogP contribution in [0, 0.1) is 0 Å². The molecule has 10 nitrogen and oxygen atoms in total. The number of hydrogen-bond donors (Lipinski definition) is 0. The van der Waals surface area contributed by atoms with E-state index in [2.05, 4.69) is 4.90 Å². The zero-order chi connectivity index (χ0) is 33.7. The summed E-state index contributed by atoms with van der Waals surface area (Å²) in [5.74, 6) is 0. The van der Waals surface area contributed by atoms with Gasteiger partial charge in [0.1, 0.15) is 31.6 Å². The molecule has 3 aliphatic rings. The number of ether oxygens (including phenoxy) is 8. The average molecular weight is 696 g/mol. The molecule has 1 unspecified atom stereocenters. The summed E-state index contributed by atoms with van der Waals surface area (Å²) in [6.07, 6.45) is -0.507. The van der Waals surface area contributed by atoms with Crippen molar-refractivity contribution in [3.8, 4) is 0 Å². The molecule has 11 heteroatoms. The largest absolute Gasteiger partial charge is 0.378 e. The molecule has 6 rings (SSSR count). The molecule has 49 heavy (non-hydrogen) atoms. The van der Waals surface area contributed by atoms with Crippen molar-refractivity contribution in [1.29, 1.82) is 0 Å². The first kappa shape index (κ1) is 36.3.